The van der Waals surface area contributed by atoms with Crippen LogP contribution in [-0.4, -0.2) is 78.5 Å². The van der Waals surface area contributed by atoms with Crippen LogP contribution >= 0.6 is 24.0 Å². The molecule has 0 radical (unpaired) electrons. The number of rotatable bonds is 10. The SMILES string of the molecule is CCc1nncn1CCNC(=NC)NCCCCN1CCN(c2cccc(C)c2)CC1.I. The second-order valence-corrected chi connectivity index (χ2v) is 8.09. The highest BCUT2D eigenvalue weighted by atomic mass is 127. The molecule has 9 heteroatoms. The molecule has 2 N–H and O–H groups in total. The lowest BCUT2D eigenvalue weighted by molar-refractivity contribution is 0.253. The number of halogens is 1. The summed E-state index contributed by atoms with van der Waals surface area (Å²) in [4.78, 5) is 9.41. The minimum absolute atomic E-state index is 0. The molecule has 0 bridgehead atoms. The molecule has 0 atom stereocenters. The quantitative estimate of drug-likeness (QED) is 0.204. The van der Waals surface area contributed by atoms with Gasteiger partial charge < -0.3 is 20.1 Å². The van der Waals surface area contributed by atoms with Crippen LogP contribution in [0.2, 0.25) is 0 Å². The lowest BCUT2D eigenvalue weighted by Crippen LogP contribution is -2.46. The van der Waals surface area contributed by atoms with Gasteiger partial charge in [0.2, 0.25) is 0 Å². The molecule has 0 amide bonds. The molecule has 1 aliphatic rings. The van der Waals surface area contributed by atoms with E-state index in [0.717, 1.165) is 70.4 Å². The number of guanidine groups is 1. The van der Waals surface area contributed by atoms with E-state index in [4.69, 9.17) is 0 Å². The third-order valence-electron chi connectivity index (χ3n) is 5.81. The van der Waals surface area contributed by atoms with Crippen LogP contribution in [0.5, 0.6) is 0 Å². The second kappa shape index (κ2) is 14.3. The highest BCUT2D eigenvalue weighted by molar-refractivity contribution is 14.0. The number of aryl methyl sites for hydroxylation is 2. The smallest absolute Gasteiger partial charge is 0.191 e. The fourth-order valence-electron chi connectivity index (χ4n) is 3.98. The maximum Gasteiger partial charge on any atom is 0.191 e. The summed E-state index contributed by atoms with van der Waals surface area (Å²) in [6.07, 6.45) is 5.03. The van der Waals surface area contributed by atoms with Gasteiger partial charge >= 0.3 is 0 Å². The Morgan fingerprint density at radius 3 is 2.56 bits per heavy atom. The van der Waals surface area contributed by atoms with E-state index < -0.39 is 0 Å². The number of aliphatic imine (C=N–C) groups is 1. The van der Waals surface area contributed by atoms with Gasteiger partial charge in [-0.15, -0.1) is 34.2 Å². The molecule has 0 saturated carbocycles. The monoisotopic (exact) mass is 554 g/mol. The van der Waals surface area contributed by atoms with Gasteiger partial charge in [0.05, 0.1) is 0 Å². The number of nitrogens with zero attached hydrogens (tertiary/aromatic N) is 6. The topological polar surface area (TPSA) is 73.6 Å². The third-order valence-corrected chi connectivity index (χ3v) is 5.81. The summed E-state index contributed by atoms with van der Waals surface area (Å²) in [6, 6.07) is 8.84. The third kappa shape index (κ3) is 8.23. The average Bonchev–Trinajstić information content (AvgIpc) is 3.25. The highest BCUT2D eigenvalue weighted by Gasteiger charge is 2.16. The zero-order valence-corrected chi connectivity index (χ0v) is 22.1. The van der Waals surface area contributed by atoms with E-state index in [-0.39, 0.29) is 24.0 Å². The van der Waals surface area contributed by atoms with E-state index in [0.29, 0.717) is 0 Å². The van der Waals surface area contributed by atoms with Crippen LogP contribution in [0.15, 0.2) is 35.6 Å². The number of hydrogen-bond donors (Lipinski definition) is 2. The zero-order valence-electron chi connectivity index (χ0n) is 19.8. The lowest BCUT2D eigenvalue weighted by Gasteiger charge is -2.36. The Balaban J connectivity index is 0.00000363. The van der Waals surface area contributed by atoms with Crippen molar-refractivity contribution < 1.29 is 0 Å². The molecule has 0 aliphatic carbocycles. The van der Waals surface area contributed by atoms with Crippen molar-refractivity contribution in [3.05, 3.63) is 42.0 Å². The van der Waals surface area contributed by atoms with Gasteiger partial charge in [0.25, 0.3) is 0 Å². The zero-order chi connectivity index (χ0) is 21.9. The Labute approximate surface area is 209 Å². The first-order valence-corrected chi connectivity index (χ1v) is 11.5. The Morgan fingerprint density at radius 1 is 1.06 bits per heavy atom. The summed E-state index contributed by atoms with van der Waals surface area (Å²) in [5.41, 5.74) is 2.69. The van der Waals surface area contributed by atoms with Crippen molar-refractivity contribution >= 4 is 35.6 Å². The number of unbranched alkanes of at least 4 members (excludes halogenated alkanes) is 1. The predicted molar refractivity (Wildman–Crippen MR) is 143 cm³/mol. The largest absolute Gasteiger partial charge is 0.369 e. The van der Waals surface area contributed by atoms with E-state index in [9.17, 15) is 0 Å². The van der Waals surface area contributed by atoms with Crippen molar-refractivity contribution in [3.63, 3.8) is 0 Å². The Hall–Kier alpha value is -1.88. The Morgan fingerprint density at radius 2 is 1.84 bits per heavy atom. The van der Waals surface area contributed by atoms with Crippen LogP contribution in [-0.2, 0) is 13.0 Å². The number of hydrogen-bond acceptors (Lipinski definition) is 5. The van der Waals surface area contributed by atoms with Crippen LogP contribution in [0, 0.1) is 6.92 Å². The lowest BCUT2D eigenvalue weighted by atomic mass is 10.2. The highest BCUT2D eigenvalue weighted by Crippen LogP contribution is 2.17. The summed E-state index contributed by atoms with van der Waals surface area (Å²) >= 11 is 0. The first kappa shape index (κ1) is 26.4. The summed E-state index contributed by atoms with van der Waals surface area (Å²) in [6.45, 7) is 12.5. The van der Waals surface area contributed by atoms with E-state index in [1.165, 1.54) is 24.2 Å². The van der Waals surface area contributed by atoms with Crippen molar-refractivity contribution in [2.75, 3.05) is 57.8 Å². The van der Waals surface area contributed by atoms with Gasteiger partial charge in [-0.25, -0.2) is 0 Å². The molecule has 0 unspecified atom stereocenters. The molecule has 1 aliphatic heterocycles. The second-order valence-electron chi connectivity index (χ2n) is 8.09. The van der Waals surface area contributed by atoms with E-state index >= 15 is 0 Å². The molecule has 178 valence electrons. The van der Waals surface area contributed by atoms with Crippen molar-refractivity contribution in [2.45, 2.75) is 39.7 Å². The Bertz CT molecular complexity index is 814. The number of benzene rings is 1. The minimum Gasteiger partial charge on any atom is -0.369 e. The van der Waals surface area contributed by atoms with Crippen molar-refractivity contribution in [2.24, 2.45) is 4.99 Å². The van der Waals surface area contributed by atoms with Crippen LogP contribution in [0.1, 0.15) is 31.2 Å². The molecule has 1 saturated heterocycles. The molecular weight excluding hydrogens is 515 g/mol. The van der Waals surface area contributed by atoms with Gasteiger partial charge in [0.1, 0.15) is 12.2 Å². The summed E-state index contributed by atoms with van der Waals surface area (Å²) in [7, 11) is 1.82. The molecule has 32 heavy (non-hydrogen) atoms. The standard InChI is InChI=1S/C23H38N8.HI/c1-4-22-28-27-19-31(22)13-11-26-23(24-3)25-10-5-6-12-29-14-16-30(17-15-29)21-9-7-8-20(2)18-21;/h7-9,18-19H,4-6,10-17H2,1-3H3,(H2,24,25,26);1H. The van der Waals surface area contributed by atoms with Crippen LogP contribution in [0.3, 0.4) is 0 Å². The summed E-state index contributed by atoms with van der Waals surface area (Å²) in [5, 5.41) is 14.9. The van der Waals surface area contributed by atoms with E-state index in [1.807, 2.05) is 7.05 Å². The van der Waals surface area contributed by atoms with Gasteiger partial charge in [-0.3, -0.25) is 9.89 Å². The van der Waals surface area contributed by atoms with Gasteiger partial charge in [0, 0.05) is 65.0 Å². The number of piperazine rings is 1. The van der Waals surface area contributed by atoms with Gasteiger partial charge in [-0.1, -0.05) is 19.1 Å². The van der Waals surface area contributed by atoms with Crippen LogP contribution in [0.25, 0.3) is 0 Å². The molecule has 1 aromatic heterocycles. The van der Waals surface area contributed by atoms with Gasteiger partial charge in [0.15, 0.2) is 5.96 Å². The van der Waals surface area contributed by atoms with Gasteiger partial charge in [-0.2, -0.15) is 0 Å². The fraction of sp³-hybridized carbons (Fsp3) is 0.609. The number of aromatic nitrogens is 3. The first-order valence-electron chi connectivity index (χ1n) is 11.5. The number of anilines is 1. The molecule has 0 spiro atoms. The van der Waals surface area contributed by atoms with Crippen molar-refractivity contribution in [1.82, 2.24) is 30.3 Å². The van der Waals surface area contributed by atoms with Crippen molar-refractivity contribution in [1.29, 1.82) is 0 Å². The number of nitrogens with one attached hydrogen (secondary N) is 2. The van der Waals surface area contributed by atoms with E-state index in [1.54, 1.807) is 6.33 Å². The molecule has 1 fully saturated rings. The summed E-state index contributed by atoms with van der Waals surface area (Å²) in [5.74, 6) is 1.88. The average molecular weight is 555 g/mol. The first-order chi connectivity index (χ1) is 15.2. The molecule has 2 heterocycles. The van der Waals surface area contributed by atoms with Crippen molar-refractivity contribution in [3.8, 4) is 0 Å². The van der Waals surface area contributed by atoms with E-state index in [2.05, 4.69) is 78.3 Å². The minimum atomic E-state index is 0. The molecule has 8 nitrogen and oxygen atoms in total. The Kier molecular flexibility index (Phi) is 11.8. The molecule has 3 rings (SSSR count). The predicted octanol–water partition coefficient (Wildman–Crippen LogP) is 2.53. The fourth-order valence-corrected chi connectivity index (χ4v) is 3.98. The molecule has 1 aromatic carbocycles. The molecule has 2 aromatic rings. The van der Waals surface area contributed by atoms with Gasteiger partial charge in [-0.05, 0) is 44.0 Å². The van der Waals surface area contributed by atoms with Crippen LogP contribution in [0.4, 0.5) is 5.69 Å². The maximum absolute atomic E-state index is 4.32. The summed E-state index contributed by atoms with van der Waals surface area (Å²) < 4.78 is 2.08. The van der Waals surface area contributed by atoms with Crippen LogP contribution < -0.4 is 15.5 Å². The normalized spacial score (nSPS) is 14.8. The maximum atomic E-state index is 4.32. The molecular formula is C23H39IN8.